The van der Waals surface area contributed by atoms with E-state index in [1.807, 2.05) is 43.5 Å². The molecule has 0 saturated carbocycles. The highest BCUT2D eigenvalue weighted by atomic mass is 32.1. The zero-order valence-corrected chi connectivity index (χ0v) is 17.2. The summed E-state index contributed by atoms with van der Waals surface area (Å²) in [4.78, 5) is 33.6. The zero-order valence-electron chi connectivity index (χ0n) is 15.6. The Labute approximate surface area is 170 Å². The molecule has 0 spiro atoms. The Kier molecular flexibility index (Phi) is 4.64. The van der Waals surface area contributed by atoms with Crippen LogP contribution in [0.3, 0.4) is 0 Å². The molecule has 3 heterocycles. The van der Waals surface area contributed by atoms with E-state index in [4.69, 9.17) is 0 Å². The van der Waals surface area contributed by atoms with Crippen LogP contribution in [0.15, 0.2) is 53.1 Å². The van der Waals surface area contributed by atoms with E-state index in [1.54, 1.807) is 19.1 Å². The van der Waals surface area contributed by atoms with Crippen LogP contribution in [0.4, 0.5) is 5.69 Å². The summed E-state index contributed by atoms with van der Waals surface area (Å²) in [7, 11) is 0. The molecule has 1 unspecified atom stereocenters. The van der Waals surface area contributed by atoms with Crippen LogP contribution in [0.5, 0.6) is 0 Å². The lowest BCUT2D eigenvalue weighted by molar-refractivity contribution is -0.117. The maximum atomic E-state index is 13.4. The van der Waals surface area contributed by atoms with Crippen LogP contribution in [0.25, 0.3) is 0 Å². The van der Waals surface area contributed by atoms with Gasteiger partial charge in [0.1, 0.15) is 6.04 Å². The molecule has 28 heavy (non-hydrogen) atoms. The number of thiophene rings is 1. The average molecular weight is 411 g/mol. The molecule has 1 aromatic carbocycles. The van der Waals surface area contributed by atoms with Crippen LogP contribution < -0.4 is 4.90 Å². The fourth-order valence-electron chi connectivity index (χ4n) is 3.47. The number of aryl methyl sites for hydroxylation is 3. The van der Waals surface area contributed by atoms with Crippen molar-refractivity contribution >= 4 is 40.1 Å². The van der Waals surface area contributed by atoms with Gasteiger partial charge in [-0.2, -0.15) is 0 Å². The van der Waals surface area contributed by atoms with Gasteiger partial charge < -0.3 is 5.11 Å². The van der Waals surface area contributed by atoms with Crippen LogP contribution in [0, 0.1) is 20.8 Å². The van der Waals surface area contributed by atoms with Gasteiger partial charge in [-0.15, -0.1) is 22.7 Å². The van der Waals surface area contributed by atoms with E-state index in [2.05, 4.69) is 4.98 Å². The molecule has 3 aromatic rings. The number of ketones is 1. The molecule has 1 amide bonds. The second kappa shape index (κ2) is 7.00. The number of hydrogen-bond donors (Lipinski definition) is 1. The van der Waals surface area contributed by atoms with E-state index in [-0.39, 0.29) is 11.4 Å². The molecule has 0 aliphatic carbocycles. The van der Waals surface area contributed by atoms with E-state index in [9.17, 15) is 14.7 Å². The Balaban J connectivity index is 1.90. The van der Waals surface area contributed by atoms with Gasteiger partial charge >= 0.3 is 0 Å². The van der Waals surface area contributed by atoms with Gasteiger partial charge in [-0.05, 0) is 49.9 Å². The number of hydrogen-bond acceptors (Lipinski definition) is 6. The highest BCUT2D eigenvalue weighted by molar-refractivity contribution is 7.14. The lowest BCUT2D eigenvalue weighted by Crippen LogP contribution is -2.30. The fourth-order valence-corrected chi connectivity index (χ4v) is 5.37. The van der Waals surface area contributed by atoms with Crippen molar-refractivity contribution < 1.29 is 14.7 Å². The van der Waals surface area contributed by atoms with Crippen molar-refractivity contribution in [3.8, 4) is 0 Å². The molecule has 0 bridgehead atoms. The number of carbonyl (C=O) groups is 2. The molecule has 1 aliphatic rings. The first-order valence-electron chi connectivity index (χ1n) is 8.74. The van der Waals surface area contributed by atoms with E-state index in [0.717, 1.165) is 15.4 Å². The Bertz CT molecular complexity index is 1110. The van der Waals surface area contributed by atoms with Crippen molar-refractivity contribution in [2.75, 3.05) is 4.90 Å². The van der Waals surface area contributed by atoms with Crippen molar-refractivity contribution in [3.05, 3.63) is 79.1 Å². The first kappa shape index (κ1) is 18.6. The summed E-state index contributed by atoms with van der Waals surface area (Å²) in [5.74, 6) is -1.39. The molecule has 4 rings (SSSR count). The Hall–Kier alpha value is -2.77. The predicted octanol–water partition coefficient (Wildman–Crippen LogP) is 4.91. The van der Waals surface area contributed by atoms with Crippen LogP contribution in [-0.2, 0) is 4.79 Å². The van der Waals surface area contributed by atoms with Crippen molar-refractivity contribution in [2.24, 2.45) is 0 Å². The molecule has 1 atom stereocenters. The minimum atomic E-state index is -0.663. The summed E-state index contributed by atoms with van der Waals surface area (Å²) in [6.45, 7) is 5.55. The maximum absolute atomic E-state index is 13.4. The number of nitrogens with zero attached hydrogens (tertiary/aromatic N) is 2. The van der Waals surface area contributed by atoms with Gasteiger partial charge in [0.05, 0.1) is 21.2 Å². The smallest absolute Gasteiger partial charge is 0.294 e. The van der Waals surface area contributed by atoms with Crippen LogP contribution in [-0.4, -0.2) is 21.8 Å². The third kappa shape index (κ3) is 2.87. The first-order chi connectivity index (χ1) is 13.4. The lowest BCUT2D eigenvalue weighted by Gasteiger charge is -2.26. The largest absolute Gasteiger partial charge is 0.503 e. The topological polar surface area (TPSA) is 70.5 Å². The zero-order chi connectivity index (χ0) is 20.0. The summed E-state index contributed by atoms with van der Waals surface area (Å²) >= 11 is 2.75. The number of rotatable bonds is 4. The summed E-state index contributed by atoms with van der Waals surface area (Å²) in [5, 5.41) is 13.4. The highest BCUT2D eigenvalue weighted by Gasteiger charge is 2.46. The standard InChI is InChI=1S/C21H18N2O3S2/c1-11-9-10-27-19(11)16-15(17(24)20-12(2)22-13(3)28-20)18(25)21(26)23(16)14-7-5-4-6-8-14/h4-10,16,25H,1-3H3. The Morgan fingerprint density at radius 3 is 2.43 bits per heavy atom. The van der Waals surface area contributed by atoms with Crippen LogP contribution in [0.1, 0.15) is 36.9 Å². The molecule has 7 heteroatoms. The fraction of sp³-hybridized carbons (Fsp3) is 0.190. The van der Waals surface area contributed by atoms with Gasteiger partial charge in [-0.25, -0.2) is 4.98 Å². The van der Waals surface area contributed by atoms with Gasteiger partial charge in [0.25, 0.3) is 5.91 Å². The molecule has 0 saturated heterocycles. The molecule has 0 fully saturated rings. The highest BCUT2D eigenvalue weighted by Crippen LogP contribution is 2.45. The quantitative estimate of drug-likeness (QED) is 0.620. The SMILES string of the molecule is Cc1nc(C)c(C(=O)C2=C(O)C(=O)N(c3ccccc3)C2c2sccc2C)s1. The van der Waals surface area contributed by atoms with Gasteiger partial charge in [0, 0.05) is 10.6 Å². The van der Waals surface area contributed by atoms with Gasteiger partial charge in [-0.1, -0.05) is 18.2 Å². The number of Topliss-reactive ketones (excluding diaryl/α,β-unsaturated/α-hetero) is 1. The van der Waals surface area contributed by atoms with Crippen molar-refractivity contribution in [1.29, 1.82) is 0 Å². The summed E-state index contributed by atoms with van der Waals surface area (Å²) in [6.07, 6.45) is 0. The Morgan fingerprint density at radius 2 is 1.86 bits per heavy atom. The normalized spacial score (nSPS) is 16.9. The molecular formula is C21H18N2O3S2. The molecule has 2 aromatic heterocycles. The number of para-hydroxylation sites is 1. The van der Waals surface area contributed by atoms with E-state index >= 15 is 0 Å². The maximum Gasteiger partial charge on any atom is 0.294 e. The minimum absolute atomic E-state index is 0.117. The third-order valence-electron chi connectivity index (χ3n) is 4.75. The molecule has 1 aliphatic heterocycles. The predicted molar refractivity (Wildman–Crippen MR) is 111 cm³/mol. The summed E-state index contributed by atoms with van der Waals surface area (Å²) < 4.78 is 0. The number of aromatic nitrogens is 1. The number of aliphatic hydroxyl groups is 1. The number of anilines is 1. The first-order valence-corrected chi connectivity index (χ1v) is 10.4. The monoisotopic (exact) mass is 410 g/mol. The average Bonchev–Trinajstić information content (AvgIpc) is 3.32. The van der Waals surface area contributed by atoms with Gasteiger partial charge in [-0.3, -0.25) is 14.5 Å². The van der Waals surface area contributed by atoms with E-state index < -0.39 is 17.7 Å². The van der Waals surface area contributed by atoms with E-state index in [1.165, 1.54) is 27.6 Å². The molecule has 1 N–H and O–H groups in total. The second-order valence-corrected chi connectivity index (χ2v) is 8.77. The number of aliphatic hydroxyl groups excluding tert-OH is 1. The number of amides is 1. The van der Waals surface area contributed by atoms with Crippen LogP contribution >= 0.6 is 22.7 Å². The van der Waals surface area contributed by atoms with Crippen LogP contribution in [0.2, 0.25) is 0 Å². The number of thiazole rings is 1. The molecule has 5 nitrogen and oxygen atoms in total. The lowest BCUT2D eigenvalue weighted by atomic mass is 9.98. The summed E-state index contributed by atoms with van der Waals surface area (Å²) in [6, 6.07) is 10.4. The minimum Gasteiger partial charge on any atom is -0.503 e. The number of carbonyl (C=O) groups excluding carboxylic acids is 2. The van der Waals surface area contributed by atoms with Gasteiger partial charge in [0.2, 0.25) is 5.78 Å². The molecular weight excluding hydrogens is 392 g/mol. The van der Waals surface area contributed by atoms with Crippen molar-refractivity contribution in [3.63, 3.8) is 0 Å². The molecule has 0 radical (unpaired) electrons. The van der Waals surface area contributed by atoms with Crippen molar-refractivity contribution in [2.45, 2.75) is 26.8 Å². The number of benzene rings is 1. The van der Waals surface area contributed by atoms with Crippen molar-refractivity contribution in [1.82, 2.24) is 4.98 Å². The molecule has 142 valence electrons. The third-order valence-corrected chi connectivity index (χ3v) is 6.89. The van der Waals surface area contributed by atoms with Gasteiger partial charge in [0.15, 0.2) is 5.76 Å². The second-order valence-electron chi connectivity index (χ2n) is 6.62. The summed E-state index contributed by atoms with van der Waals surface area (Å²) in [5.41, 5.74) is 2.34. The Morgan fingerprint density at radius 1 is 1.14 bits per heavy atom. The van der Waals surface area contributed by atoms with E-state index in [0.29, 0.717) is 16.3 Å².